The number of nitrogens with zero attached hydrogens (tertiary/aromatic N) is 3. The van der Waals surface area contributed by atoms with E-state index < -0.39 is 0 Å². The van der Waals surface area contributed by atoms with Gasteiger partial charge >= 0.3 is 6.09 Å². The van der Waals surface area contributed by atoms with E-state index in [-0.39, 0.29) is 12.7 Å². The van der Waals surface area contributed by atoms with E-state index in [0.29, 0.717) is 22.7 Å². The fourth-order valence-corrected chi connectivity index (χ4v) is 3.23. The van der Waals surface area contributed by atoms with Crippen molar-refractivity contribution < 1.29 is 9.53 Å². The van der Waals surface area contributed by atoms with Gasteiger partial charge in [-0.25, -0.2) is 14.8 Å². The molecule has 7 heteroatoms. The largest absolute Gasteiger partial charge is 0.444 e. The van der Waals surface area contributed by atoms with Crippen molar-refractivity contribution in [3.8, 4) is 0 Å². The van der Waals surface area contributed by atoms with E-state index in [4.69, 9.17) is 16.3 Å². The van der Waals surface area contributed by atoms with Gasteiger partial charge in [0.25, 0.3) is 0 Å². The van der Waals surface area contributed by atoms with Crippen molar-refractivity contribution in [1.29, 1.82) is 0 Å². The second-order valence-corrected chi connectivity index (χ2v) is 5.99. The number of aromatic nitrogens is 3. The molecule has 0 unspecified atom stereocenters. The number of amides is 1. The molecule has 1 aromatic carbocycles. The standard InChI is InChI=1S/C17H15ClN4O2/c18-15-13-14-12(21-16(13)20-10-19-15)7-4-8-22(14)17(23)24-9-11-5-2-1-3-6-11/h1-3,5-6,10H,4,7-9H2,(H,19,20,21). The number of H-pyrrole nitrogens is 1. The predicted octanol–water partition coefficient (Wildman–Crippen LogP) is 3.70. The molecule has 0 bridgehead atoms. The number of aromatic amines is 1. The van der Waals surface area contributed by atoms with Gasteiger partial charge in [0.05, 0.1) is 11.1 Å². The molecule has 0 fully saturated rings. The smallest absolute Gasteiger partial charge is 0.414 e. The number of nitrogens with one attached hydrogen (secondary N) is 1. The van der Waals surface area contributed by atoms with Crippen LogP contribution in [-0.2, 0) is 17.8 Å². The van der Waals surface area contributed by atoms with Gasteiger partial charge in [0.1, 0.15) is 23.7 Å². The highest BCUT2D eigenvalue weighted by Crippen LogP contribution is 2.37. The van der Waals surface area contributed by atoms with Crippen LogP contribution in [0.2, 0.25) is 5.15 Å². The average molecular weight is 343 g/mol. The first kappa shape index (κ1) is 15.0. The Morgan fingerprint density at radius 3 is 2.96 bits per heavy atom. The van der Waals surface area contributed by atoms with Crippen LogP contribution in [-0.4, -0.2) is 27.6 Å². The van der Waals surface area contributed by atoms with Gasteiger partial charge in [-0.05, 0) is 18.4 Å². The first-order chi connectivity index (χ1) is 11.7. The number of ether oxygens (including phenoxy) is 1. The van der Waals surface area contributed by atoms with Crippen molar-refractivity contribution in [2.75, 3.05) is 11.4 Å². The summed E-state index contributed by atoms with van der Waals surface area (Å²) in [5, 5.41) is 1.01. The van der Waals surface area contributed by atoms with Crippen LogP contribution in [0.25, 0.3) is 11.0 Å². The topological polar surface area (TPSA) is 71.1 Å². The maximum atomic E-state index is 12.6. The van der Waals surface area contributed by atoms with Crippen molar-refractivity contribution in [2.45, 2.75) is 19.4 Å². The first-order valence-electron chi connectivity index (χ1n) is 7.73. The van der Waals surface area contributed by atoms with Gasteiger partial charge in [-0.2, -0.15) is 0 Å². The number of fused-ring (bicyclic) bond motifs is 3. The van der Waals surface area contributed by atoms with Crippen LogP contribution < -0.4 is 4.90 Å². The fourth-order valence-electron chi connectivity index (χ4n) is 3.01. The van der Waals surface area contributed by atoms with E-state index in [1.807, 2.05) is 30.3 Å². The van der Waals surface area contributed by atoms with Crippen molar-refractivity contribution in [3.05, 3.63) is 53.1 Å². The quantitative estimate of drug-likeness (QED) is 0.721. The number of benzene rings is 1. The molecule has 6 nitrogen and oxygen atoms in total. The Kier molecular flexibility index (Phi) is 3.82. The SMILES string of the molecule is O=C(OCc1ccccc1)N1CCCc2[nH]c3ncnc(Cl)c3c21. The van der Waals surface area contributed by atoms with Gasteiger partial charge < -0.3 is 9.72 Å². The molecule has 122 valence electrons. The Morgan fingerprint density at radius 1 is 1.29 bits per heavy atom. The zero-order chi connectivity index (χ0) is 16.5. The molecule has 0 saturated carbocycles. The maximum absolute atomic E-state index is 12.6. The number of hydrogen-bond donors (Lipinski definition) is 1. The first-order valence-corrected chi connectivity index (χ1v) is 8.11. The number of rotatable bonds is 2. The Hall–Kier alpha value is -2.60. The summed E-state index contributed by atoms with van der Waals surface area (Å²) in [5.41, 5.74) is 3.27. The molecule has 0 spiro atoms. The molecule has 0 aliphatic carbocycles. The molecule has 0 radical (unpaired) electrons. The normalized spacial score (nSPS) is 13.8. The summed E-state index contributed by atoms with van der Waals surface area (Å²) < 4.78 is 5.47. The maximum Gasteiger partial charge on any atom is 0.414 e. The summed E-state index contributed by atoms with van der Waals surface area (Å²) in [6.45, 7) is 0.816. The van der Waals surface area contributed by atoms with Crippen LogP contribution in [0.5, 0.6) is 0 Å². The lowest BCUT2D eigenvalue weighted by Crippen LogP contribution is -2.35. The minimum absolute atomic E-state index is 0.234. The number of carbonyl (C=O) groups is 1. The Bertz CT molecular complexity index is 894. The second kappa shape index (κ2) is 6.13. The second-order valence-electron chi connectivity index (χ2n) is 5.64. The number of carbonyl (C=O) groups excluding carboxylic acids is 1. The van der Waals surface area contributed by atoms with Crippen LogP contribution >= 0.6 is 11.6 Å². The highest BCUT2D eigenvalue weighted by atomic mass is 35.5. The number of aryl methyl sites for hydroxylation is 1. The molecule has 1 aliphatic heterocycles. The highest BCUT2D eigenvalue weighted by Gasteiger charge is 2.29. The molecule has 4 rings (SSSR count). The summed E-state index contributed by atoms with van der Waals surface area (Å²) >= 11 is 6.23. The molecule has 24 heavy (non-hydrogen) atoms. The van der Waals surface area contributed by atoms with Crippen molar-refractivity contribution in [3.63, 3.8) is 0 Å². The van der Waals surface area contributed by atoms with Gasteiger partial charge in [-0.15, -0.1) is 0 Å². The molecule has 1 N–H and O–H groups in total. The van der Waals surface area contributed by atoms with Crippen molar-refractivity contribution in [2.24, 2.45) is 0 Å². The summed E-state index contributed by atoms with van der Waals surface area (Å²) in [4.78, 5) is 25.7. The molecule has 3 heterocycles. The number of halogens is 1. The van der Waals surface area contributed by atoms with Gasteiger partial charge in [-0.3, -0.25) is 4.90 Å². The van der Waals surface area contributed by atoms with Gasteiger partial charge in [0.2, 0.25) is 0 Å². The number of anilines is 1. The molecule has 0 atom stereocenters. The van der Waals surface area contributed by atoms with Crippen molar-refractivity contribution >= 4 is 34.4 Å². The summed E-state index contributed by atoms with van der Waals surface area (Å²) in [5.74, 6) is 0. The zero-order valence-electron chi connectivity index (χ0n) is 12.8. The van der Waals surface area contributed by atoms with Crippen LogP contribution in [0.3, 0.4) is 0 Å². The molecule has 2 aromatic heterocycles. The summed E-state index contributed by atoms with van der Waals surface area (Å²) in [7, 11) is 0. The molecule has 1 amide bonds. The van der Waals surface area contributed by atoms with E-state index in [9.17, 15) is 4.79 Å². The molecule has 1 aliphatic rings. The van der Waals surface area contributed by atoms with Crippen LogP contribution in [0.15, 0.2) is 36.7 Å². The summed E-state index contributed by atoms with van der Waals surface area (Å²) in [6.07, 6.45) is 2.71. The minimum atomic E-state index is -0.388. The lowest BCUT2D eigenvalue weighted by atomic mass is 10.1. The third-order valence-electron chi connectivity index (χ3n) is 4.10. The van der Waals surface area contributed by atoms with Crippen LogP contribution in [0.4, 0.5) is 10.5 Å². The van der Waals surface area contributed by atoms with E-state index in [2.05, 4.69) is 15.0 Å². The zero-order valence-corrected chi connectivity index (χ0v) is 13.6. The number of hydrogen-bond acceptors (Lipinski definition) is 4. The van der Waals surface area contributed by atoms with Gasteiger partial charge in [0.15, 0.2) is 0 Å². The predicted molar refractivity (Wildman–Crippen MR) is 91.2 cm³/mol. The van der Waals surface area contributed by atoms with E-state index in [1.54, 1.807) is 4.90 Å². The van der Waals surface area contributed by atoms with Crippen molar-refractivity contribution in [1.82, 2.24) is 15.0 Å². The summed E-state index contributed by atoms with van der Waals surface area (Å²) in [6, 6.07) is 9.60. The molecule has 0 saturated heterocycles. The van der Waals surface area contributed by atoms with E-state index in [0.717, 1.165) is 29.8 Å². The molecular formula is C17H15ClN4O2. The monoisotopic (exact) mass is 342 g/mol. The molecule has 3 aromatic rings. The Balaban J connectivity index is 1.64. The fraction of sp³-hybridized carbons (Fsp3) is 0.235. The van der Waals surface area contributed by atoms with E-state index >= 15 is 0 Å². The minimum Gasteiger partial charge on any atom is -0.444 e. The average Bonchev–Trinajstić information content (AvgIpc) is 3.00. The van der Waals surface area contributed by atoms with Crippen LogP contribution in [0.1, 0.15) is 17.7 Å². The van der Waals surface area contributed by atoms with Gasteiger partial charge in [0, 0.05) is 12.2 Å². The Labute approximate surface area is 143 Å². The molecular weight excluding hydrogens is 328 g/mol. The Morgan fingerprint density at radius 2 is 2.12 bits per heavy atom. The lowest BCUT2D eigenvalue weighted by molar-refractivity contribution is 0.146. The third kappa shape index (κ3) is 2.59. The van der Waals surface area contributed by atoms with E-state index in [1.165, 1.54) is 6.33 Å². The third-order valence-corrected chi connectivity index (χ3v) is 4.38. The highest BCUT2D eigenvalue weighted by molar-refractivity contribution is 6.35. The van der Waals surface area contributed by atoms with Crippen LogP contribution in [0, 0.1) is 0 Å². The van der Waals surface area contributed by atoms with Gasteiger partial charge in [-0.1, -0.05) is 41.9 Å². The lowest BCUT2D eigenvalue weighted by Gasteiger charge is -2.26.